The van der Waals surface area contributed by atoms with Gasteiger partial charge in [0.2, 0.25) is 0 Å². The molecule has 4 aromatic rings. The van der Waals surface area contributed by atoms with Crippen LogP contribution in [0.25, 0.3) is 10.9 Å². The van der Waals surface area contributed by atoms with E-state index in [1.807, 2.05) is 38.1 Å². The molecule has 1 unspecified atom stereocenters. The van der Waals surface area contributed by atoms with Gasteiger partial charge in [0.1, 0.15) is 0 Å². The third kappa shape index (κ3) is 3.53. The highest BCUT2D eigenvalue weighted by Gasteiger charge is 2.36. The van der Waals surface area contributed by atoms with E-state index < -0.39 is 6.04 Å². The summed E-state index contributed by atoms with van der Waals surface area (Å²) in [5, 5.41) is 0.913. The first-order valence-corrected chi connectivity index (χ1v) is 11.1. The van der Waals surface area contributed by atoms with Crippen LogP contribution in [-0.2, 0) is 6.42 Å². The van der Waals surface area contributed by atoms with Gasteiger partial charge in [-0.3, -0.25) is 9.59 Å². The Kier molecular flexibility index (Phi) is 5.40. The third-order valence-electron chi connectivity index (χ3n) is 6.65. The average molecular weight is 459 g/mol. The van der Waals surface area contributed by atoms with Gasteiger partial charge in [0, 0.05) is 17.6 Å². The number of methoxy groups -OCH3 is 2. The molecular weight excluding hydrogens is 432 g/mol. The second kappa shape index (κ2) is 8.41. The van der Waals surface area contributed by atoms with E-state index in [0.717, 1.165) is 33.2 Å². The molecule has 3 heterocycles. The van der Waals surface area contributed by atoms with Crippen LogP contribution in [0.4, 0.5) is 0 Å². The predicted molar refractivity (Wildman–Crippen MR) is 129 cm³/mol. The highest BCUT2D eigenvalue weighted by atomic mass is 16.5. The largest absolute Gasteiger partial charge is 0.493 e. The van der Waals surface area contributed by atoms with Crippen molar-refractivity contribution in [2.45, 2.75) is 26.3 Å². The van der Waals surface area contributed by atoms with Crippen LogP contribution < -0.4 is 15.0 Å². The summed E-state index contributed by atoms with van der Waals surface area (Å²) in [7, 11) is 3.16. The van der Waals surface area contributed by atoms with Crippen LogP contribution in [-0.4, -0.2) is 36.6 Å². The zero-order valence-corrected chi connectivity index (χ0v) is 19.6. The fourth-order valence-corrected chi connectivity index (χ4v) is 4.74. The molecule has 0 fully saturated rings. The van der Waals surface area contributed by atoms with Crippen molar-refractivity contribution in [1.29, 1.82) is 0 Å². The van der Waals surface area contributed by atoms with Crippen molar-refractivity contribution in [3.63, 3.8) is 0 Å². The average Bonchev–Trinajstić information content (AvgIpc) is 3.38. The molecule has 174 valence electrons. The van der Waals surface area contributed by atoms with Gasteiger partial charge >= 0.3 is 0 Å². The predicted octanol–water partition coefficient (Wildman–Crippen LogP) is 4.54. The molecule has 7 heteroatoms. The van der Waals surface area contributed by atoms with Crippen LogP contribution in [0.1, 0.15) is 44.4 Å². The Bertz CT molecular complexity index is 1450. The number of nitrogens with one attached hydrogen (secondary N) is 1. The fraction of sp³-hybridized carbons (Fsp3) is 0.259. The van der Waals surface area contributed by atoms with E-state index in [1.54, 1.807) is 31.3 Å². The van der Waals surface area contributed by atoms with Gasteiger partial charge in [0.25, 0.3) is 11.5 Å². The molecule has 0 saturated heterocycles. The van der Waals surface area contributed by atoms with Crippen molar-refractivity contribution in [3.05, 3.63) is 92.7 Å². The third-order valence-corrected chi connectivity index (χ3v) is 6.65. The van der Waals surface area contributed by atoms with E-state index in [0.29, 0.717) is 30.0 Å². The van der Waals surface area contributed by atoms with Gasteiger partial charge in [-0.15, -0.1) is 0 Å². The molecule has 0 spiro atoms. The van der Waals surface area contributed by atoms with Crippen LogP contribution in [0.15, 0.2) is 57.9 Å². The number of carbonyl (C=O) groups excluding carboxylic acids is 1. The highest BCUT2D eigenvalue weighted by molar-refractivity contribution is 5.92. The van der Waals surface area contributed by atoms with Crippen molar-refractivity contribution < 1.29 is 18.7 Å². The molecule has 1 amide bonds. The first-order chi connectivity index (χ1) is 16.4. The van der Waals surface area contributed by atoms with E-state index in [2.05, 4.69) is 11.1 Å². The van der Waals surface area contributed by atoms with Crippen LogP contribution in [0.3, 0.4) is 0 Å². The molecular formula is C27H26N2O5. The molecule has 1 aliphatic heterocycles. The first kappa shape index (κ1) is 21.8. The minimum atomic E-state index is -0.615. The van der Waals surface area contributed by atoms with E-state index >= 15 is 0 Å². The number of aromatic nitrogens is 1. The lowest BCUT2D eigenvalue weighted by Gasteiger charge is -2.37. The number of aryl methyl sites for hydroxylation is 2. The molecule has 1 aliphatic rings. The van der Waals surface area contributed by atoms with E-state index in [4.69, 9.17) is 13.9 Å². The zero-order chi connectivity index (χ0) is 24.0. The normalized spacial score (nSPS) is 15.3. The summed E-state index contributed by atoms with van der Waals surface area (Å²) < 4.78 is 16.5. The van der Waals surface area contributed by atoms with Crippen molar-refractivity contribution >= 4 is 16.8 Å². The summed E-state index contributed by atoms with van der Waals surface area (Å²) in [4.78, 5) is 31.6. The number of nitrogens with zero attached hydrogens (tertiary/aromatic N) is 1. The quantitative estimate of drug-likeness (QED) is 0.485. The molecule has 0 bridgehead atoms. The summed E-state index contributed by atoms with van der Waals surface area (Å²) >= 11 is 0. The number of hydrogen-bond acceptors (Lipinski definition) is 5. The maximum absolute atomic E-state index is 13.5. The molecule has 34 heavy (non-hydrogen) atoms. The number of furan rings is 1. The summed E-state index contributed by atoms with van der Waals surface area (Å²) in [6.07, 6.45) is 2.09. The number of rotatable bonds is 4. The second-order valence-corrected chi connectivity index (χ2v) is 8.61. The fourth-order valence-electron chi connectivity index (χ4n) is 4.74. The lowest BCUT2D eigenvalue weighted by atomic mass is 9.87. The topological polar surface area (TPSA) is 84.8 Å². The lowest BCUT2D eigenvalue weighted by molar-refractivity contribution is 0.0660. The number of pyridine rings is 1. The SMILES string of the molecule is COc1cc2c(cc1OC)C(c1cc3cc(C)c(C)cc3[nH]c1=O)N(C(=O)c1ccco1)CC2. The molecule has 2 aromatic heterocycles. The van der Waals surface area contributed by atoms with Gasteiger partial charge in [0.05, 0.1) is 26.5 Å². The van der Waals surface area contributed by atoms with Gasteiger partial charge < -0.3 is 23.8 Å². The van der Waals surface area contributed by atoms with Crippen molar-refractivity contribution in [1.82, 2.24) is 9.88 Å². The molecule has 2 aromatic carbocycles. The number of benzene rings is 2. The Morgan fingerprint density at radius 1 is 1.03 bits per heavy atom. The van der Waals surface area contributed by atoms with Gasteiger partial charge in [-0.1, -0.05) is 0 Å². The first-order valence-electron chi connectivity index (χ1n) is 11.1. The smallest absolute Gasteiger partial charge is 0.290 e. The zero-order valence-electron chi connectivity index (χ0n) is 19.6. The number of hydrogen-bond donors (Lipinski definition) is 1. The van der Waals surface area contributed by atoms with Crippen LogP contribution in [0.5, 0.6) is 11.5 Å². The summed E-state index contributed by atoms with van der Waals surface area (Å²) in [6.45, 7) is 4.48. The van der Waals surface area contributed by atoms with E-state index in [9.17, 15) is 9.59 Å². The lowest BCUT2D eigenvalue weighted by Crippen LogP contribution is -2.42. The molecule has 0 radical (unpaired) electrons. The Labute approximate surface area is 196 Å². The van der Waals surface area contributed by atoms with Gasteiger partial charge in [-0.2, -0.15) is 0 Å². The minimum absolute atomic E-state index is 0.234. The Morgan fingerprint density at radius 2 is 1.76 bits per heavy atom. The Morgan fingerprint density at radius 3 is 2.47 bits per heavy atom. The summed E-state index contributed by atoms with van der Waals surface area (Å²) in [5.74, 6) is 1.12. The molecule has 7 nitrogen and oxygen atoms in total. The molecule has 0 saturated carbocycles. The van der Waals surface area contributed by atoms with Crippen LogP contribution in [0.2, 0.25) is 0 Å². The monoisotopic (exact) mass is 458 g/mol. The summed E-state index contributed by atoms with van der Waals surface area (Å²) in [6, 6.07) is 12.4. The summed E-state index contributed by atoms with van der Waals surface area (Å²) in [5.41, 5.74) is 5.09. The molecule has 0 aliphatic carbocycles. The van der Waals surface area contributed by atoms with Crippen molar-refractivity contribution in [3.8, 4) is 11.5 Å². The molecule has 1 atom stereocenters. The Balaban J connectivity index is 1.75. The van der Waals surface area contributed by atoms with Gasteiger partial charge in [0.15, 0.2) is 17.3 Å². The maximum Gasteiger partial charge on any atom is 0.290 e. The molecule has 5 rings (SSSR count). The van der Waals surface area contributed by atoms with Crippen molar-refractivity contribution in [2.24, 2.45) is 0 Å². The number of ether oxygens (including phenoxy) is 2. The number of amides is 1. The Hall–Kier alpha value is -4.00. The number of H-pyrrole nitrogens is 1. The maximum atomic E-state index is 13.5. The minimum Gasteiger partial charge on any atom is -0.493 e. The van der Waals surface area contributed by atoms with Crippen molar-refractivity contribution in [2.75, 3.05) is 20.8 Å². The van der Waals surface area contributed by atoms with Crippen LogP contribution in [0, 0.1) is 13.8 Å². The van der Waals surface area contributed by atoms with E-state index in [-0.39, 0.29) is 17.2 Å². The van der Waals surface area contributed by atoms with Gasteiger partial charge in [-0.05, 0) is 90.4 Å². The number of fused-ring (bicyclic) bond motifs is 2. The highest BCUT2D eigenvalue weighted by Crippen LogP contribution is 2.41. The van der Waals surface area contributed by atoms with Gasteiger partial charge in [-0.25, -0.2) is 0 Å². The molecule has 1 N–H and O–H groups in total. The standard InChI is InChI=1S/C27H26N2O5/c1-15-10-18-12-20(26(30)28-21(18)11-16(15)2)25-19-14-24(33-4)23(32-3)13-17(19)7-8-29(25)27(31)22-6-5-9-34-22/h5-6,9-14,25H,7-8H2,1-4H3,(H,28,30). The number of carbonyl (C=O) groups is 1. The number of aromatic amines is 1. The van der Waals surface area contributed by atoms with E-state index in [1.165, 1.54) is 6.26 Å². The second-order valence-electron chi connectivity index (χ2n) is 8.61. The van der Waals surface area contributed by atoms with Crippen LogP contribution >= 0.6 is 0 Å².